The van der Waals surface area contributed by atoms with Crippen LogP contribution in [0.25, 0.3) is 0 Å². The molecule has 5 heteroatoms. The molecule has 2 unspecified atom stereocenters. The highest BCUT2D eigenvalue weighted by Gasteiger charge is 2.25. The SMILES string of the molecule is Cc1noc(C2CCCCCCC2N)n1.Cl. The van der Waals surface area contributed by atoms with Gasteiger partial charge in [0.05, 0.1) is 5.92 Å². The van der Waals surface area contributed by atoms with E-state index in [0.29, 0.717) is 5.82 Å². The van der Waals surface area contributed by atoms with Crippen molar-refractivity contribution in [3.63, 3.8) is 0 Å². The molecule has 2 rings (SSSR count). The van der Waals surface area contributed by atoms with E-state index in [1.165, 1.54) is 25.7 Å². The zero-order valence-electron chi connectivity index (χ0n) is 9.69. The van der Waals surface area contributed by atoms with Crippen molar-refractivity contribution in [2.75, 3.05) is 0 Å². The fourth-order valence-electron chi connectivity index (χ4n) is 2.28. The number of hydrogen-bond acceptors (Lipinski definition) is 4. The lowest BCUT2D eigenvalue weighted by Crippen LogP contribution is -2.29. The summed E-state index contributed by atoms with van der Waals surface area (Å²) < 4.78 is 5.23. The topological polar surface area (TPSA) is 64.9 Å². The zero-order valence-corrected chi connectivity index (χ0v) is 10.5. The quantitative estimate of drug-likeness (QED) is 0.826. The lowest BCUT2D eigenvalue weighted by molar-refractivity contribution is 0.301. The van der Waals surface area contributed by atoms with Crippen molar-refractivity contribution in [1.82, 2.24) is 10.1 Å². The molecule has 1 aromatic rings. The van der Waals surface area contributed by atoms with E-state index in [0.717, 1.165) is 18.7 Å². The summed E-state index contributed by atoms with van der Waals surface area (Å²) in [5.74, 6) is 1.72. The van der Waals surface area contributed by atoms with E-state index < -0.39 is 0 Å². The maximum Gasteiger partial charge on any atom is 0.231 e. The van der Waals surface area contributed by atoms with Crippen molar-refractivity contribution >= 4 is 12.4 Å². The molecule has 2 N–H and O–H groups in total. The largest absolute Gasteiger partial charge is 0.339 e. The van der Waals surface area contributed by atoms with E-state index in [1.807, 2.05) is 6.92 Å². The van der Waals surface area contributed by atoms with Crippen LogP contribution in [0.2, 0.25) is 0 Å². The summed E-state index contributed by atoms with van der Waals surface area (Å²) in [5, 5.41) is 3.84. The predicted molar refractivity (Wildman–Crippen MR) is 64.7 cm³/mol. The lowest BCUT2D eigenvalue weighted by atomic mass is 9.87. The van der Waals surface area contributed by atoms with Crippen LogP contribution in [0.3, 0.4) is 0 Å². The fraction of sp³-hybridized carbons (Fsp3) is 0.818. The Bertz CT molecular complexity index is 316. The van der Waals surface area contributed by atoms with Crippen molar-refractivity contribution in [2.45, 2.75) is 57.4 Å². The van der Waals surface area contributed by atoms with Gasteiger partial charge in [0.2, 0.25) is 5.89 Å². The third kappa shape index (κ3) is 3.19. The molecule has 1 fully saturated rings. The Labute approximate surface area is 102 Å². The summed E-state index contributed by atoms with van der Waals surface area (Å²) in [6, 6.07) is 0.185. The maximum atomic E-state index is 6.16. The third-order valence-electron chi connectivity index (χ3n) is 3.18. The summed E-state index contributed by atoms with van der Waals surface area (Å²) in [4.78, 5) is 4.30. The van der Waals surface area contributed by atoms with Gasteiger partial charge in [0, 0.05) is 6.04 Å². The van der Waals surface area contributed by atoms with Crippen LogP contribution in [-0.2, 0) is 0 Å². The number of aromatic nitrogens is 2. The monoisotopic (exact) mass is 245 g/mol. The molecule has 4 nitrogen and oxygen atoms in total. The minimum Gasteiger partial charge on any atom is -0.339 e. The predicted octanol–water partition coefficient (Wildman–Crippen LogP) is 2.56. The molecule has 16 heavy (non-hydrogen) atoms. The standard InChI is InChI=1S/C11H19N3O.ClH/c1-8-13-11(15-14-8)9-6-4-2-3-5-7-10(9)12;/h9-10H,2-7,12H2,1H3;1H. The molecule has 0 spiro atoms. The van der Waals surface area contributed by atoms with Crippen LogP contribution in [0, 0.1) is 6.92 Å². The summed E-state index contributed by atoms with van der Waals surface area (Å²) >= 11 is 0. The first kappa shape index (κ1) is 13.5. The Morgan fingerprint density at radius 1 is 1.19 bits per heavy atom. The molecule has 0 radical (unpaired) electrons. The first-order valence-corrected chi connectivity index (χ1v) is 5.83. The van der Waals surface area contributed by atoms with Crippen LogP contribution in [0.4, 0.5) is 0 Å². The Morgan fingerprint density at radius 2 is 1.88 bits per heavy atom. The zero-order chi connectivity index (χ0) is 10.7. The second-order valence-corrected chi connectivity index (χ2v) is 4.44. The van der Waals surface area contributed by atoms with E-state index in [1.54, 1.807) is 0 Å². The first-order chi connectivity index (χ1) is 7.27. The van der Waals surface area contributed by atoms with Gasteiger partial charge in [-0.15, -0.1) is 12.4 Å². The first-order valence-electron chi connectivity index (χ1n) is 5.83. The van der Waals surface area contributed by atoms with Gasteiger partial charge in [0.15, 0.2) is 5.82 Å². The third-order valence-corrected chi connectivity index (χ3v) is 3.18. The van der Waals surface area contributed by atoms with E-state index in [9.17, 15) is 0 Å². The van der Waals surface area contributed by atoms with Gasteiger partial charge < -0.3 is 10.3 Å². The van der Waals surface area contributed by atoms with Crippen molar-refractivity contribution in [2.24, 2.45) is 5.73 Å². The van der Waals surface area contributed by atoms with E-state index in [2.05, 4.69) is 10.1 Å². The van der Waals surface area contributed by atoms with Gasteiger partial charge in [-0.2, -0.15) is 4.98 Å². The number of nitrogens with zero attached hydrogens (tertiary/aromatic N) is 2. The number of halogens is 1. The van der Waals surface area contributed by atoms with Crippen molar-refractivity contribution in [1.29, 1.82) is 0 Å². The Kier molecular flexibility index (Phi) is 5.22. The minimum atomic E-state index is 0. The number of hydrogen-bond donors (Lipinski definition) is 1. The summed E-state index contributed by atoms with van der Waals surface area (Å²) in [6.45, 7) is 1.85. The number of rotatable bonds is 1. The van der Waals surface area contributed by atoms with Gasteiger partial charge >= 0.3 is 0 Å². The molecule has 1 heterocycles. The summed E-state index contributed by atoms with van der Waals surface area (Å²) in [7, 11) is 0. The van der Waals surface area contributed by atoms with Gasteiger partial charge in [-0.1, -0.05) is 30.8 Å². The number of aryl methyl sites for hydroxylation is 1. The molecule has 0 aromatic carbocycles. The molecule has 92 valence electrons. The smallest absolute Gasteiger partial charge is 0.231 e. The van der Waals surface area contributed by atoms with E-state index in [4.69, 9.17) is 10.3 Å². The molecule has 2 atom stereocenters. The van der Waals surface area contributed by atoms with Crippen LogP contribution in [0.5, 0.6) is 0 Å². The average molecular weight is 246 g/mol. The second kappa shape index (κ2) is 6.21. The molecular weight excluding hydrogens is 226 g/mol. The van der Waals surface area contributed by atoms with E-state index >= 15 is 0 Å². The molecule has 1 aromatic heterocycles. The molecule has 0 amide bonds. The van der Waals surface area contributed by atoms with Gasteiger partial charge in [-0.05, 0) is 19.8 Å². The molecule has 1 aliphatic rings. The van der Waals surface area contributed by atoms with Crippen LogP contribution in [0.1, 0.15) is 56.2 Å². The van der Waals surface area contributed by atoms with Gasteiger partial charge in [-0.3, -0.25) is 0 Å². The Hall–Kier alpha value is -0.610. The van der Waals surface area contributed by atoms with Crippen molar-refractivity contribution < 1.29 is 4.52 Å². The van der Waals surface area contributed by atoms with Crippen LogP contribution < -0.4 is 5.73 Å². The molecule has 0 saturated heterocycles. The molecule has 1 aliphatic carbocycles. The highest BCUT2D eigenvalue weighted by Crippen LogP contribution is 2.29. The Balaban J connectivity index is 0.00000128. The fourth-order valence-corrected chi connectivity index (χ4v) is 2.28. The minimum absolute atomic E-state index is 0. The van der Waals surface area contributed by atoms with Crippen molar-refractivity contribution in [3.8, 4) is 0 Å². The molecular formula is C11H20ClN3O. The van der Waals surface area contributed by atoms with Crippen molar-refractivity contribution in [3.05, 3.63) is 11.7 Å². The summed E-state index contributed by atoms with van der Waals surface area (Å²) in [5.41, 5.74) is 6.16. The molecule has 0 bridgehead atoms. The van der Waals surface area contributed by atoms with E-state index in [-0.39, 0.29) is 24.4 Å². The lowest BCUT2D eigenvalue weighted by Gasteiger charge is -2.22. The highest BCUT2D eigenvalue weighted by atomic mass is 35.5. The Morgan fingerprint density at radius 3 is 2.50 bits per heavy atom. The molecule has 1 saturated carbocycles. The van der Waals surface area contributed by atoms with Gasteiger partial charge in [-0.25, -0.2) is 0 Å². The van der Waals surface area contributed by atoms with Crippen LogP contribution in [0.15, 0.2) is 4.52 Å². The number of nitrogens with two attached hydrogens (primary N) is 1. The molecule has 0 aliphatic heterocycles. The average Bonchev–Trinajstić information content (AvgIpc) is 2.59. The van der Waals surface area contributed by atoms with Gasteiger partial charge in [0.1, 0.15) is 0 Å². The second-order valence-electron chi connectivity index (χ2n) is 4.44. The van der Waals surface area contributed by atoms with Crippen LogP contribution >= 0.6 is 12.4 Å². The highest BCUT2D eigenvalue weighted by molar-refractivity contribution is 5.85. The van der Waals surface area contributed by atoms with Gasteiger partial charge in [0.25, 0.3) is 0 Å². The normalized spacial score (nSPS) is 26.6. The maximum absolute atomic E-state index is 6.16. The summed E-state index contributed by atoms with van der Waals surface area (Å²) in [6.07, 6.45) is 7.22. The van der Waals surface area contributed by atoms with Crippen LogP contribution in [-0.4, -0.2) is 16.2 Å².